The maximum Gasteiger partial charge on any atom is 0.319 e. The third kappa shape index (κ3) is 4.11. The van der Waals surface area contributed by atoms with Gasteiger partial charge in [0.2, 0.25) is 0 Å². The summed E-state index contributed by atoms with van der Waals surface area (Å²) < 4.78 is 7.41. The van der Waals surface area contributed by atoms with Gasteiger partial charge in [-0.3, -0.25) is 0 Å². The van der Waals surface area contributed by atoms with Gasteiger partial charge in [-0.05, 0) is 30.9 Å². The predicted octanol–water partition coefficient (Wildman–Crippen LogP) is 2.41. The average molecular weight is 329 g/mol. The number of rotatable bonds is 6. The molecule has 1 saturated heterocycles. The van der Waals surface area contributed by atoms with Crippen molar-refractivity contribution >= 4 is 11.7 Å². The number of hydrogen-bond acceptors (Lipinski definition) is 4. The largest absolute Gasteiger partial charge is 0.376 e. The van der Waals surface area contributed by atoms with Crippen LogP contribution in [0.3, 0.4) is 0 Å². The number of urea groups is 1. The highest BCUT2D eigenvalue weighted by Crippen LogP contribution is 2.19. The molecule has 0 saturated carbocycles. The first-order valence-corrected chi connectivity index (χ1v) is 8.35. The average Bonchev–Trinajstić information content (AvgIpc) is 3.28. The summed E-state index contributed by atoms with van der Waals surface area (Å²) in [5.74, 6) is 0. The summed E-state index contributed by atoms with van der Waals surface area (Å²) in [6.07, 6.45) is 6.18. The number of amides is 2. The molecule has 7 nitrogen and oxygen atoms in total. The van der Waals surface area contributed by atoms with Gasteiger partial charge in [0, 0.05) is 12.3 Å². The van der Waals surface area contributed by atoms with Crippen molar-refractivity contribution in [2.75, 3.05) is 11.9 Å². The van der Waals surface area contributed by atoms with Crippen molar-refractivity contribution < 1.29 is 9.53 Å². The Kier molecular flexibility index (Phi) is 5.43. The Hall–Kier alpha value is -2.41. The van der Waals surface area contributed by atoms with Crippen LogP contribution in [-0.2, 0) is 11.3 Å². The topological polar surface area (TPSA) is 81.1 Å². The Bertz CT molecular complexity index is 653. The zero-order chi connectivity index (χ0) is 16.8. The minimum Gasteiger partial charge on any atom is -0.376 e. The third-order valence-electron chi connectivity index (χ3n) is 4.23. The lowest BCUT2D eigenvalue weighted by Crippen LogP contribution is -2.44. The maximum absolute atomic E-state index is 12.4. The molecule has 1 aliphatic heterocycles. The summed E-state index contributed by atoms with van der Waals surface area (Å²) >= 11 is 0. The van der Waals surface area contributed by atoms with E-state index >= 15 is 0 Å². The SMILES string of the molecule is CC[C@@H](NC(=O)Nc1ccccc1Cn1cncn1)[C@H]1CCCO1. The molecule has 2 amide bonds. The molecule has 24 heavy (non-hydrogen) atoms. The highest BCUT2D eigenvalue weighted by atomic mass is 16.5. The lowest BCUT2D eigenvalue weighted by Gasteiger charge is -2.23. The van der Waals surface area contributed by atoms with Crippen molar-refractivity contribution in [3.8, 4) is 0 Å². The van der Waals surface area contributed by atoms with Crippen LogP contribution in [0.4, 0.5) is 10.5 Å². The van der Waals surface area contributed by atoms with Gasteiger partial charge in [0.1, 0.15) is 12.7 Å². The lowest BCUT2D eigenvalue weighted by atomic mass is 10.1. The van der Waals surface area contributed by atoms with Crippen LogP contribution in [0.2, 0.25) is 0 Å². The molecule has 3 rings (SSSR count). The number of aromatic nitrogens is 3. The summed E-state index contributed by atoms with van der Waals surface area (Å²) in [7, 11) is 0. The first kappa shape index (κ1) is 16.4. The Balaban J connectivity index is 1.63. The molecule has 7 heteroatoms. The van der Waals surface area contributed by atoms with E-state index in [1.54, 1.807) is 11.0 Å². The van der Waals surface area contributed by atoms with Crippen molar-refractivity contribution in [1.82, 2.24) is 20.1 Å². The van der Waals surface area contributed by atoms with Crippen molar-refractivity contribution in [3.05, 3.63) is 42.5 Å². The van der Waals surface area contributed by atoms with Gasteiger partial charge in [0.25, 0.3) is 0 Å². The predicted molar refractivity (Wildman–Crippen MR) is 90.8 cm³/mol. The van der Waals surface area contributed by atoms with Crippen LogP contribution in [0.25, 0.3) is 0 Å². The van der Waals surface area contributed by atoms with Gasteiger partial charge in [-0.15, -0.1) is 0 Å². The van der Waals surface area contributed by atoms with E-state index in [4.69, 9.17) is 4.74 Å². The van der Waals surface area contributed by atoms with Crippen LogP contribution >= 0.6 is 0 Å². The van der Waals surface area contributed by atoms with Gasteiger partial charge >= 0.3 is 6.03 Å². The standard InChI is InChI=1S/C17H23N5O2/c1-2-14(16-8-5-9-24-16)20-17(23)21-15-7-4-3-6-13(15)10-22-12-18-11-19-22/h3-4,6-7,11-12,14,16H,2,5,8-10H2,1H3,(H2,20,21,23)/t14-,16-/m1/s1. The van der Waals surface area contributed by atoms with E-state index in [1.807, 2.05) is 24.3 Å². The van der Waals surface area contributed by atoms with E-state index in [0.29, 0.717) is 6.54 Å². The quantitative estimate of drug-likeness (QED) is 0.853. The minimum absolute atomic E-state index is 0.0370. The van der Waals surface area contributed by atoms with Crippen molar-refractivity contribution in [2.45, 2.75) is 44.9 Å². The fourth-order valence-electron chi connectivity index (χ4n) is 2.97. The molecule has 1 aromatic carbocycles. The normalized spacial score (nSPS) is 18.3. The van der Waals surface area contributed by atoms with E-state index in [1.165, 1.54) is 6.33 Å². The lowest BCUT2D eigenvalue weighted by molar-refractivity contribution is 0.0804. The molecule has 2 aromatic rings. The number of para-hydroxylation sites is 1. The first-order valence-electron chi connectivity index (χ1n) is 8.35. The zero-order valence-electron chi connectivity index (χ0n) is 13.8. The number of nitrogens with one attached hydrogen (secondary N) is 2. The molecular formula is C17H23N5O2. The first-order chi connectivity index (χ1) is 11.8. The zero-order valence-corrected chi connectivity index (χ0v) is 13.8. The number of ether oxygens (including phenoxy) is 1. The van der Waals surface area contributed by atoms with Crippen LogP contribution in [0.5, 0.6) is 0 Å². The third-order valence-corrected chi connectivity index (χ3v) is 4.23. The Morgan fingerprint density at radius 3 is 3.04 bits per heavy atom. The van der Waals surface area contributed by atoms with E-state index in [-0.39, 0.29) is 18.2 Å². The maximum atomic E-state index is 12.4. The van der Waals surface area contributed by atoms with Crippen molar-refractivity contribution in [2.24, 2.45) is 0 Å². The van der Waals surface area contributed by atoms with Gasteiger partial charge in [0.15, 0.2) is 0 Å². The smallest absolute Gasteiger partial charge is 0.319 e. The van der Waals surface area contributed by atoms with Gasteiger partial charge in [-0.2, -0.15) is 5.10 Å². The Labute approximate surface area is 141 Å². The molecule has 0 radical (unpaired) electrons. The van der Waals surface area contributed by atoms with E-state index < -0.39 is 0 Å². The summed E-state index contributed by atoms with van der Waals surface area (Å²) in [5.41, 5.74) is 1.75. The molecule has 0 unspecified atom stereocenters. The van der Waals surface area contributed by atoms with Gasteiger partial charge in [-0.1, -0.05) is 25.1 Å². The monoisotopic (exact) mass is 329 g/mol. The molecule has 2 heterocycles. The van der Waals surface area contributed by atoms with Crippen LogP contribution in [0, 0.1) is 0 Å². The summed E-state index contributed by atoms with van der Waals surface area (Å²) in [6, 6.07) is 7.53. The number of carbonyl (C=O) groups excluding carboxylic acids is 1. The number of benzene rings is 1. The molecule has 128 valence electrons. The second kappa shape index (κ2) is 7.92. The molecule has 1 aromatic heterocycles. The van der Waals surface area contributed by atoms with Crippen LogP contribution in [0.15, 0.2) is 36.9 Å². The number of carbonyl (C=O) groups is 1. The summed E-state index contributed by atoms with van der Waals surface area (Å²) in [4.78, 5) is 16.3. The molecule has 0 spiro atoms. The molecule has 2 N–H and O–H groups in total. The van der Waals surface area contributed by atoms with Gasteiger partial charge < -0.3 is 15.4 Å². The number of nitrogens with zero attached hydrogens (tertiary/aromatic N) is 3. The molecule has 0 aliphatic carbocycles. The highest BCUT2D eigenvalue weighted by molar-refractivity contribution is 5.90. The molecule has 1 fully saturated rings. The Morgan fingerprint density at radius 2 is 2.33 bits per heavy atom. The van der Waals surface area contributed by atoms with Crippen LogP contribution in [0.1, 0.15) is 31.7 Å². The van der Waals surface area contributed by atoms with E-state index in [9.17, 15) is 4.79 Å². The summed E-state index contributed by atoms with van der Waals surface area (Å²) in [6.45, 7) is 3.40. The van der Waals surface area contributed by atoms with E-state index in [2.05, 4.69) is 27.6 Å². The molecule has 1 aliphatic rings. The number of anilines is 1. The van der Waals surface area contributed by atoms with Crippen molar-refractivity contribution in [1.29, 1.82) is 0 Å². The van der Waals surface area contributed by atoms with Crippen LogP contribution in [-0.4, -0.2) is 39.5 Å². The van der Waals surface area contributed by atoms with Gasteiger partial charge in [0.05, 0.1) is 18.7 Å². The number of hydrogen-bond donors (Lipinski definition) is 2. The second-order valence-electron chi connectivity index (χ2n) is 5.91. The fraction of sp³-hybridized carbons (Fsp3) is 0.471. The van der Waals surface area contributed by atoms with Crippen LogP contribution < -0.4 is 10.6 Å². The molecular weight excluding hydrogens is 306 g/mol. The van der Waals surface area contributed by atoms with Gasteiger partial charge in [-0.25, -0.2) is 14.5 Å². The minimum atomic E-state index is -0.205. The molecule has 2 atom stereocenters. The van der Waals surface area contributed by atoms with E-state index in [0.717, 1.165) is 37.1 Å². The second-order valence-corrected chi connectivity index (χ2v) is 5.91. The molecule has 0 bridgehead atoms. The summed E-state index contributed by atoms with van der Waals surface area (Å²) in [5, 5.41) is 10.1. The fourth-order valence-corrected chi connectivity index (χ4v) is 2.97. The van der Waals surface area contributed by atoms with Crippen molar-refractivity contribution in [3.63, 3.8) is 0 Å². The highest BCUT2D eigenvalue weighted by Gasteiger charge is 2.26. The Morgan fingerprint density at radius 1 is 1.46 bits per heavy atom.